The van der Waals surface area contributed by atoms with Gasteiger partial charge < -0.3 is 4.74 Å². The van der Waals surface area contributed by atoms with Gasteiger partial charge in [0.1, 0.15) is 5.75 Å². The fraction of sp³-hybridized carbons (Fsp3) is 0.133. The second-order valence-corrected chi connectivity index (χ2v) is 4.94. The molecule has 0 fully saturated rings. The van der Waals surface area contributed by atoms with E-state index >= 15 is 0 Å². The molecule has 21 heavy (non-hydrogen) atoms. The summed E-state index contributed by atoms with van der Waals surface area (Å²) in [7, 11) is 1.63. The average Bonchev–Trinajstić information content (AvgIpc) is 2.98. The Morgan fingerprint density at radius 1 is 1.14 bits per heavy atom. The summed E-state index contributed by atoms with van der Waals surface area (Å²) in [6, 6.07) is 15.1. The van der Waals surface area contributed by atoms with E-state index in [0.29, 0.717) is 17.4 Å². The largest absolute Gasteiger partial charge is 0.497 e. The highest BCUT2D eigenvalue weighted by Crippen LogP contribution is 2.20. The molecule has 0 aliphatic heterocycles. The van der Waals surface area contributed by atoms with E-state index in [2.05, 4.69) is 15.4 Å². The fourth-order valence-electron chi connectivity index (χ4n) is 1.94. The quantitative estimate of drug-likeness (QED) is 0.743. The number of nitrogens with zero attached hydrogens (tertiary/aromatic N) is 4. The first-order valence-electron chi connectivity index (χ1n) is 6.41. The summed E-state index contributed by atoms with van der Waals surface area (Å²) in [5.41, 5.74) is 1.94. The minimum Gasteiger partial charge on any atom is -0.497 e. The maximum atomic E-state index is 5.87. The number of aromatic nitrogens is 4. The molecule has 1 heterocycles. The van der Waals surface area contributed by atoms with Crippen LogP contribution >= 0.6 is 11.6 Å². The second-order valence-electron chi connectivity index (χ2n) is 4.50. The van der Waals surface area contributed by atoms with Gasteiger partial charge in [0.25, 0.3) is 0 Å². The van der Waals surface area contributed by atoms with Gasteiger partial charge in [0.2, 0.25) is 5.82 Å². The van der Waals surface area contributed by atoms with Crippen LogP contribution in [0.1, 0.15) is 5.56 Å². The van der Waals surface area contributed by atoms with Crippen LogP contribution in [0.5, 0.6) is 5.75 Å². The van der Waals surface area contributed by atoms with E-state index < -0.39 is 0 Å². The molecule has 0 spiro atoms. The van der Waals surface area contributed by atoms with Gasteiger partial charge in [-0.3, -0.25) is 0 Å². The lowest BCUT2D eigenvalue weighted by molar-refractivity contribution is 0.415. The smallest absolute Gasteiger partial charge is 0.205 e. The van der Waals surface area contributed by atoms with Crippen molar-refractivity contribution in [1.29, 1.82) is 0 Å². The Morgan fingerprint density at radius 2 is 1.95 bits per heavy atom. The number of halogens is 1. The van der Waals surface area contributed by atoms with E-state index in [4.69, 9.17) is 16.3 Å². The molecule has 3 aromatic rings. The zero-order valence-electron chi connectivity index (χ0n) is 11.4. The third kappa shape index (κ3) is 3.20. The second kappa shape index (κ2) is 5.93. The number of rotatable bonds is 4. The molecule has 0 aliphatic rings. The number of methoxy groups -OCH3 is 1. The van der Waals surface area contributed by atoms with Gasteiger partial charge in [-0.1, -0.05) is 35.9 Å². The highest BCUT2D eigenvalue weighted by atomic mass is 35.5. The maximum absolute atomic E-state index is 5.87. The molecule has 2 aromatic carbocycles. The van der Waals surface area contributed by atoms with Crippen molar-refractivity contribution in [3.63, 3.8) is 0 Å². The minimum absolute atomic E-state index is 0.550. The molecule has 3 rings (SSSR count). The summed E-state index contributed by atoms with van der Waals surface area (Å²) in [6.45, 7) is 0.550. The van der Waals surface area contributed by atoms with Gasteiger partial charge in [0.05, 0.1) is 13.7 Å². The zero-order chi connectivity index (χ0) is 14.7. The number of tetrazole rings is 1. The van der Waals surface area contributed by atoms with Crippen LogP contribution in [0, 0.1) is 0 Å². The van der Waals surface area contributed by atoms with E-state index in [9.17, 15) is 0 Å². The Hall–Kier alpha value is -2.40. The third-order valence-electron chi connectivity index (χ3n) is 3.02. The van der Waals surface area contributed by atoms with Crippen molar-refractivity contribution in [1.82, 2.24) is 20.2 Å². The van der Waals surface area contributed by atoms with Crippen molar-refractivity contribution in [3.8, 4) is 17.1 Å². The minimum atomic E-state index is 0.550. The van der Waals surface area contributed by atoms with Gasteiger partial charge >= 0.3 is 0 Å². The summed E-state index contributed by atoms with van der Waals surface area (Å²) < 4.78 is 5.19. The summed E-state index contributed by atoms with van der Waals surface area (Å²) in [4.78, 5) is 1.55. The van der Waals surface area contributed by atoms with Gasteiger partial charge in [0.15, 0.2) is 0 Å². The molecule has 0 N–H and O–H groups in total. The molecular formula is C15H13ClN4O. The van der Waals surface area contributed by atoms with E-state index in [0.717, 1.165) is 16.9 Å². The van der Waals surface area contributed by atoms with Gasteiger partial charge in [-0.25, -0.2) is 0 Å². The van der Waals surface area contributed by atoms with Crippen molar-refractivity contribution in [3.05, 3.63) is 59.1 Å². The standard InChI is InChI=1S/C15H13ClN4O/c1-21-14-4-2-3-12(9-14)15-17-19-20(18-15)10-11-5-7-13(16)8-6-11/h2-9H,10H2,1H3. The molecule has 0 unspecified atom stereocenters. The van der Waals surface area contributed by atoms with Crippen molar-refractivity contribution in [2.24, 2.45) is 0 Å². The molecule has 0 atom stereocenters. The lowest BCUT2D eigenvalue weighted by Crippen LogP contribution is -2.03. The van der Waals surface area contributed by atoms with Crippen LogP contribution in [-0.4, -0.2) is 27.3 Å². The lowest BCUT2D eigenvalue weighted by Gasteiger charge is -2.01. The molecule has 6 heteroatoms. The first-order valence-corrected chi connectivity index (χ1v) is 6.79. The molecule has 0 aliphatic carbocycles. The lowest BCUT2D eigenvalue weighted by atomic mass is 10.2. The Morgan fingerprint density at radius 3 is 2.71 bits per heavy atom. The summed E-state index contributed by atoms with van der Waals surface area (Å²) >= 11 is 5.87. The van der Waals surface area contributed by atoms with Crippen molar-refractivity contribution in [2.45, 2.75) is 6.54 Å². The molecule has 0 radical (unpaired) electrons. The summed E-state index contributed by atoms with van der Waals surface area (Å²) in [6.07, 6.45) is 0. The van der Waals surface area contributed by atoms with Crippen LogP contribution < -0.4 is 4.74 Å². The number of hydrogen-bond acceptors (Lipinski definition) is 4. The Labute approximate surface area is 127 Å². The van der Waals surface area contributed by atoms with Crippen molar-refractivity contribution in [2.75, 3.05) is 7.11 Å². The number of hydrogen-bond donors (Lipinski definition) is 0. The molecule has 0 saturated carbocycles. The molecule has 0 bridgehead atoms. The van der Waals surface area contributed by atoms with E-state index in [1.165, 1.54) is 0 Å². The van der Waals surface area contributed by atoms with Crippen molar-refractivity contribution >= 4 is 11.6 Å². The first kappa shape index (κ1) is 13.6. The van der Waals surface area contributed by atoms with E-state index in [-0.39, 0.29) is 0 Å². The average molecular weight is 301 g/mol. The van der Waals surface area contributed by atoms with Gasteiger partial charge in [-0.05, 0) is 35.0 Å². The number of benzene rings is 2. The van der Waals surface area contributed by atoms with Crippen LogP contribution in [0.2, 0.25) is 5.02 Å². The van der Waals surface area contributed by atoms with Crippen LogP contribution in [-0.2, 0) is 6.54 Å². The van der Waals surface area contributed by atoms with Gasteiger partial charge in [0, 0.05) is 10.6 Å². The Kier molecular flexibility index (Phi) is 3.83. The highest BCUT2D eigenvalue weighted by molar-refractivity contribution is 6.30. The number of ether oxygens (including phenoxy) is 1. The van der Waals surface area contributed by atoms with E-state index in [1.54, 1.807) is 11.9 Å². The van der Waals surface area contributed by atoms with Crippen LogP contribution in [0.25, 0.3) is 11.4 Å². The molecule has 5 nitrogen and oxygen atoms in total. The molecule has 106 valence electrons. The monoisotopic (exact) mass is 300 g/mol. The molecule has 0 saturated heterocycles. The topological polar surface area (TPSA) is 52.8 Å². The van der Waals surface area contributed by atoms with Gasteiger partial charge in [-0.2, -0.15) is 4.80 Å². The third-order valence-corrected chi connectivity index (χ3v) is 3.27. The first-order chi connectivity index (χ1) is 10.2. The van der Waals surface area contributed by atoms with Crippen molar-refractivity contribution < 1.29 is 4.74 Å². The van der Waals surface area contributed by atoms with Crippen LogP contribution in [0.3, 0.4) is 0 Å². The SMILES string of the molecule is COc1cccc(-c2nnn(Cc3ccc(Cl)cc3)n2)c1. The highest BCUT2D eigenvalue weighted by Gasteiger charge is 2.07. The summed E-state index contributed by atoms with van der Waals surface area (Å²) in [5, 5.41) is 13.2. The van der Waals surface area contributed by atoms with Crippen LogP contribution in [0.15, 0.2) is 48.5 Å². The molecule has 0 amide bonds. The van der Waals surface area contributed by atoms with Gasteiger partial charge in [-0.15, -0.1) is 10.2 Å². The Balaban J connectivity index is 1.81. The fourth-order valence-corrected chi connectivity index (χ4v) is 2.07. The molecular weight excluding hydrogens is 288 g/mol. The predicted octanol–water partition coefficient (Wildman–Crippen LogP) is 3.05. The van der Waals surface area contributed by atoms with E-state index in [1.807, 2.05) is 48.5 Å². The summed E-state index contributed by atoms with van der Waals surface area (Å²) in [5.74, 6) is 1.34. The normalized spacial score (nSPS) is 10.6. The maximum Gasteiger partial charge on any atom is 0.205 e. The predicted molar refractivity (Wildman–Crippen MR) is 80.4 cm³/mol. The van der Waals surface area contributed by atoms with Crippen LogP contribution in [0.4, 0.5) is 0 Å². The Bertz CT molecular complexity index is 739. The zero-order valence-corrected chi connectivity index (χ0v) is 12.2. The molecule has 1 aromatic heterocycles.